The number of H-pyrrole nitrogens is 1. The first-order valence-corrected chi connectivity index (χ1v) is 6.80. The van der Waals surface area contributed by atoms with Gasteiger partial charge in [-0.2, -0.15) is 5.26 Å². The minimum atomic E-state index is 0.216. The van der Waals surface area contributed by atoms with Gasteiger partial charge in [0.2, 0.25) is 6.79 Å². The molecule has 0 spiro atoms. The van der Waals surface area contributed by atoms with Gasteiger partial charge in [-0.1, -0.05) is 12.1 Å². The molecule has 5 nitrogen and oxygen atoms in total. The Labute approximate surface area is 126 Å². The molecule has 0 saturated carbocycles. The van der Waals surface area contributed by atoms with E-state index in [0.29, 0.717) is 22.9 Å². The number of aromatic nitrogens is 2. The highest BCUT2D eigenvalue weighted by atomic mass is 16.7. The number of para-hydroxylation sites is 2. The van der Waals surface area contributed by atoms with E-state index in [1.165, 1.54) is 0 Å². The zero-order valence-electron chi connectivity index (χ0n) is 11.5. The molecule has 2 heterocycles. The highest BCUT2D eigenvalue weighted by Crippen LogP contribution is 2.34. The fourth-order valence-corrected chi connectivity index (χ4v) is 2.42. The van der Waals surface area contributed by atoms with Crippen molar-refractivity contribution in [3.8, 4) is 17.6 Å². The van der Waals surface area contributed by atoms with Crippen molar-refractivity contribution in [2.24, 2.45) is 0 Å². The summed E-state index contributed by atoms with van der Waals surface area (Å²) in [5.41, 5.74) is 3.10. The van der Waals surface area contributed by atoms with Gasteiger partial charge in [-0.15, -0.1) is 0 Å². The van der Waals surface area contributed by atoms with Crippen molar-refractivity contribution in [3.05, 3.63) is 53.9 Å². The number of aromatic amines is 1. The third-order valence-corrected chi connectivity index (χ3v) is 3.49. The number of nitriles is 1. The van der Waals surface area contributed by atoms with Gasteiger partial charge < -0.3 is 14.5 Å². The van der Waals surface area contributed by atoms with Gasteiger partial charge in [0.15, 0.2) is 11.5 Å². The SMILES string of the molecule is N#C/C(=C\c1nc2ccccc2[nH]1)c1ccc2c(c1)OCO2. The number of hydrogen-bond acceptors (Lipinski definition) is 4. The lowest BCUT2D eigenvalue weighted by molar-refractivity contribution is 0.174. The van der Waals surface area contributed by atoms with Gasteiger partial charge in [-0.3, -0.25) is 0 Å². The minimum absolute atomic E-state index is 0.216. The summed E-state index contributed by atoms with van der Waals surface area (Å²) < 4.78 is 10.6. The molecule has 4 rings (SSSR count). The predicted molar refractivity (Wildman–Crippen MR) is 82.1 cm³/mol. The Morgan fingerprint density at radius 2 is 2.05 bits per heavy atom. The molecule has 106 valence electrons. The van der Waals surface area contributed by atoms with Crippen LogP contribution >= 0.6 is 0 Å². The molecule has 1 aromatic heterocycles. The molecular formula is C17H11N3O2. The van der Waals surface area contributed by atoms with Gasteiger partial charge in [0.05, 0.1) is 22.7 Å². The number of imidazole rings is 1. The molecule has 0 aliphatic carbocycles. The van der Waals surface area contributed by atoms with Gasteiger partial charge in [0, 0.05) is 0 Å². The number of allylic oxidation sites excluding steroid dienone is 1. The largest absolute Gasteiger partial charge is 0.454 e. The van der Waals surface area contributed by atoms with E-state index in [0.717, 1.165) is 16.6 Å². The number of hydrogen-bond donors (Lipinski definition) is 1. The van der Waals surface area contributed by atoms with E-state index in [2.05, 4.69) is 16.0 Å². The molecule has 3 aromatic rings. The van der Waals surface area contributed by atoms with Crippen molar-refractivity contribution in [1.29, 1.82) is 5.26 Å². The van der Waals surface area contributed by atoms with Crippen LogP contribution in [0.2, 0.25) is 0 Å². The smallest absolute Gasteiger partial charge is 0.231 e. The highest BCUT2D eigenvalue weighted by Gasteiger charge is 2.15. The van der Waals surface area contributed by atoms with Crippen molar-refractivity contribution in [3.63, 3.8) is 0 Å². The van der Waals surface area contributed by atoms with Crippen molar-refractivity contribution >= 4 is 22.7 Å². The third-order valence-electron chi connectivity index (χ3n) is 3.49. The highest BCUT2D eigenvalue weighted by molar-refractivity contribution is 5.90. The van der Waals surface area contributed by atoms with Crippen LogP contribution in [0, 0.1) is 11.3 Å². The molecule has 0 radical (unpaired) electrons. The Balaban J connectivity index is 1.76. The van der Waals surface area contributed by atoms with Crippen LogP contribution < -0.4 is 9.47 Å². The van der Waals surface area contributed by atoms with Crippen molar-refractivity contribution in [1.82, 2.24) is 9.97 Å². The van der Waals surface area contributed by atoms with Gasteiger partial charge in [-0.05, 0) is 42.0 Å². The number of fused-ring (bicyclic) bond motifs is 2. The fourth-order valence-electron chi connectivity index (χ4n) is 2.42. The second-order valence-electron chi connectivity index (χ2n) is 4.88. The van der Waals surface area contributed by atoms with Crippen molar-refractivity contribution < 1.29 is 9.47 Å². The normalized spacial score (nSPS) is 13.3. The molecule has 0 saturated heterocycles. The van der Waals surface area contributed by atoms with Gasteiger partial charge in [-0.25, -0.2) is 4.98 Å². The zero-order chi connectivity index (χ0) is 14.9. The van der Waals surface area contributed by atoms with Gasteiger partial charge in [0.25, 0.3) is 0 Å². The van der Waals surface area contributed by atoms with E-state index in [1.54, 1.807) is 12.1 Å². The molecule has 5 heteroatoms. The van der Waals surface area contributed by atoms with E-state index in [4.69, 9.17) is 9.47 Å². The average molecular weight is 289 g/mol. The van der Waals surface area contributed by atoms with E-state index in [9.17, 15) is 5.26 Å². The maximum Gasteiger partial charge on any atom is 0.231 e. The maximum absolute atomic E-state index is 9.43. The molecule has 2 aromatic carbocycles. The summed E-state index contributed by atoms with van der Waals surface area (Å²) in [5.74, 6) is 2.00. The van der Waals surface area contributed by atoms with Crippen LogP contribution in [0.5, 0.6) is 11.5 Å². The fraction of sp³-hybridized carbons (Fsp3) is 0.0588. The standard InChI is InChI=1S/C17H11N3O2/c18-9-12(11-5-6-15-16(7-11)22-10-21-15)8-17-19-13-3-1-2-4-14(13)20-17/h1-8H,10H2,(H,19,20)/b12-8+. The van der Waals surface area contributed by atoms with Gasteiger partial charge >= 0.3 is 0 Å². The number of rotatable bonds is 2. The lowest BCUT2D eigenvalue weighted by atomic mass is 10.1. The number of benzene rings is 2. The summed E-state index contributed by atoms with van der Waals surface area (Å²) in [6.45, 7) is 0.216. The lowest BCUT2D eigenvalue weighted by Crippen LogP contribution is -1.92. The maximum atomic E-state index is 9.43. The monoisotopic (exact) mass is 289 g/mol. The number of ether oxygens (including phenoxy) is 2. The van der Waals surface area contributed by atoms with Crippen LogP contribution in [0.15, 0.2) is 42.5 Å². The Morgan fingerprint density at radius 3 is 2.91 bits per heavy atom. The topological polar surface area (TPSA) is 70.9 Å². The first kappa shape index (κ1) is 12.5. The van der Waals surface area contributed by atoms with E-state index >= 15 is 0 Å². The number of nitrogens with zero attached hydrogens (tertiary/aromatic N) is 2. The first-order valence-electron chi connectivity index (χ1n) is 6.80. The second kappa shape index (κ2) is 4.93. The van der Waals surface area contributed by atoms with E-state index in [-0.39, 0.29) is 6.79 Å². The minimum Gasteiger partial charge on any atom is -0.454 e. The predicted octanol–water partition coefficient (Wildman–Crippen LogP) is 3.36. The average Bonchev–Trinajstić information content (AvgIpc) is 3.17. The summed E-state index contributed by atoms with van der Waals surface area (Å²) in [6.07, 6.45) is 1.73. The summed E-state index contributed by atoms with van der Waals surface area (Å²) in [5, 5.41) is 9.43. The summed E-state index contributed by atoms with van der Waals surface area (Å²) in [4.78, 5) is 7.65. The summed E-state index contributed by atoms with van der Waals surface area (Å²) in [6, 6.07) is 15.4. The van der Waals surface area contributed by atoms with Crippen LogP contribution in [-0.2, 0) is 0 Å². The first-order chi connectivity index (χ1) is 10.8. The van der Waals surface area contributed by atoms with E-state index < -0.39 is 0 Å². The van der Waals surface area contributed by atoms with Gasteiger partial charge in [0.1, 0.15) is 5.82 Å². The molecule has 22 heavy (non-hydrogen) atoms. The lowest BCUT2D eigenvalue weighted by Gasteiger charge is -2.01. The molecule has 0 atom stereocenters. The summed E-state index contributed by atoms with van der Waals surface area (Å²) >= 11 is 0. The second-order valence-corrected chi connectivity index (χ2v) is 4.88. The van der Waals surface area contributed by atoms with Crippen LogP contribution in [0.25, 0.3) is 22.7 Å². The molecule has 1 N–H and O–H groups in total. The molecule has 1 aliphatic heterocycles. The molecule has 0 unspecified atom stereocenters. The zero-order valence-corrected chi connectivity index (χ0v) is 11.5. The number of nitrogens with one attached hydrogen (secondary N) is 1. The van der Waals surface area contributed by atoms with Crippen LogP contribution in [0.4, 0.5) is 0 Å². The quantitative estimate of drug-likeness (QED) is 0.734. The molecular weight excluding hydrogens is 278 g/mol. The summed E-state index contributed by atoms with van der Waals surface area (Å²) in [7, 11) is 0. The molecule has 1 aliphatic rings. The van der Waals surface area contributed by atoms with Crippen LogP contribution in [-0.4, -0.2) is 16.8 Å². The molecule has 0 fully saturated rings. The van der Waals surface area contributed by atoms with Crippen LogP contribution in [0.3, 0.4) is 0 Å². The van der Waals surface area contributed by atoms with E-state index in [1.807, 2.05) is 36.4 Å². The Kier molecular flexibility index (Phi) is 2.80. The Hall–Kier alpha value is -3.26. The third kappa shape index (κ3) is 2.07. The Bertz CT molecular complexity index is 901. The van der Waals surface area contributed by atoms with Crippen molar-refractivity contribution in [2.75, 3.05) is 6.79 Å². The molecule has 0 bridgehead atoms. The Morgan fingerprint density at radius 1 is 1.18 bits per heavy atom. The molecule has 0 amide bonds. The van der Waals surface area contributed by atoms with Crippen molar-refractivity contribution in [2.45, 2.75) is 0 Å². The van der Waals surface area contributed by atoms with Crippen LogP contribution in [0.1, 0.15) is 11.4 Å².